The lowest BCUT2D eigenvalue weighted by Crippen LogP contribution is -2.36. The summed E-state index contributed by atoms with van der Waals surface area (Å²) in [7, 11) is 1.84. The normalized spacial score (nSPS) is 15.3. The first-order valence-corrected chi connectivity index (χ1v) is 7.25. The van der Waals surface area contributed by atoms with Crippen molar-refractivity contribution in [3.63, 3.8) is 0 Å². The SMILES string of the molecule is Cn1nc(OCc2ccccc2)cc1N1CCCCC1=O. The standard InChI is InChI=1S/C16H19N3O2/c1-18-15(19-10-6-5-9-16(19)20)11-14(17-18)21-12-13-7-3-2-4-8-13/h2-4,7-8,11H,5-6,9-10,12H2,1H3. The van der Waals surface area contributed by atoms with Crippen LogP contribution in [0.1, 0.15) is 24.8 Å². The largest absolute Gasteiger partial charge is 0.472 e. The highest BCUT2D eigenvalue weighted by Crippen LogP contribution is 2.24. The number of hydrogen-bond acceptors (Lipinski definition) is 3. The Morgan fingerprint density at radius 3 is 2.81 bits per heavy atom. The Balaban J connectivity index is 1.70. The van der Waals surface area contributed by atoms with E-state index in [1.165, 1.54) is 0 Å². The number of piperidine rings is 1. The molecule has 2 aromatic rings. The van der Waals surface area contributed by atoms with Gasteiger partial charge in [0.25, 0.3) is 0 Å². The molecule has 1 aliphatic rings. The number of aromatic nitrogens is 2. The number of anilines is 1. The van der Waals surface area contributed by atoms with E-state index in [1.807, 2.05) is 43.4 Å². The number of rotatable bonds is 4. The van der Waals surface area contributed by atoms with Crippen molar-refractivity contribution >= 4 is 11.7 Å². The second-order valence-corrected chi connectivity index (χ2v) is 5.24. The maximum absolute atomic E-state index is 12.0. The van der Waals surface area contributed by atoms with E-state index < -0.39 is 0 Å². The lowest BCUT2D eigenvalue weighted by Gasteiger charge is -2.25. The summed E-state index contributed by atoms with van der Waals surface area (Å²) in [4.78, 5) is 13.8. The van der Waals surface area contributed by atoms with Crippen LogP contribution in [0.4, 0.5) is 5.82 Å². The van der Waals surface area contributed by atoms with Crippen molar-refractivity contribution in [1.82, 2.24) is 9.78 Å². The third-order valence-electron chi connectivity index (χ3n) is 3.66. The topological polar surface area (TPSA) is 47.4 Å². The van der Waals surface area contributed by atoms with Gasteiger partial charge >= 0.3 is 0 Å². The van der Waals surface area contributed by atoms with Gasteiger partial charge in [-0.3, -0.25) is 9.69 Å². The fourth-order valence-corrected chi connectivity index (χ4v) is 2.53. The molecule has 0 radical (unpaired) electrons. The van der Waals surface area contributed by atoms with E-state index >= 15 is 0 Å². The summed E-state index contributed by atoms with van der Waals surface area (Å²) in [5.41, 5.74) is 1.10. The molecule has 110 valence electrons. The zero-order valence-corrected chi connectivity index (χ0v) is 12.2. The monoisotopic (exact) mass is 285 g/mol. The van der Waals surface area contributed by atoms with Gasteiger partial charge in [0.2, 0.25) is 11.8 Å². The third kappa shape index (κ3) is 3.07. The van der Waals surface area contributed by atoms with Crippen LogP contribution in [-0.4, -0.2) is 22.2 Å². The summed E-state index contributed by atoms with van der Waals surface area (Å²) in [6.07, 6.45) is 2.63. The first-order chi connectivity index (χ1) is 10.2. The maximum Gasteiger partial charge on any atom is 0.235 e. The smallest absolute Gasteiger partial charge is 0.235 e. The first kappa shape index (κ1) is 13.7. The van der Waals surface area contributed by atoms with E-state index in [9.17, 15) is 4.79 Å². The van der Waals surface area contributed by atoms with Gasteiger partial charge < -0.3 is 4.74 Å². The molecule has 5 nitrogen and oxygen atoms in total. The number of aryl methyl sites for hydroxylation is 1. The molecule has 0 N–H and O–H groups in total. The van der Waals surface area contributed by atoms with E-state index in [4.69, 9.17) is 4.74 Å². The minimum Gasteiger partial charge on any atom is -0.472 e. The molecule has 0 spiro atoms. The average Bonchev–Trinajstić information content (AvgIpc) is 2.88. The zero-order valence-electron chi connectivity index (χ0n) is 12.2. The van der Waals surface area contributed by atoms with E-state index in [-0.39, 0.29) is 5.91 Å². The Bertz CT molecular complexity index is 622. The molecule has 0 bridgehead atoms. The summed E-state index contributed by atoms with van der Waals surface area (Å²) in [6, 6.07) is 11.8. The van der Waals surface area contributed by atoms with Crippen LogP contribution in [-0.2, 0) is 18.4 Å². The van der Waals surface area contributed by atoms with Crippen LogP contribution in [0.5, 0.6) is 5.88 Å². The van der Waals surface area contributed by atoms with Gasteiger partial charge in [-0.1, -0.05) is 30.3 Å². The van der Waals surface area contributed by atoms with Crippen molar-refractivity contribution in [1.29, 1.82) is 0 Å². The number of benzene rings is 1. The first-order valence-electron chi connectivity index (χ1n) is 7.25. The summed E-state index contributed by atoms with van der Waals surface area (Å²) in [5.74, 6) is 1.52. The van der Waals surface area contributed by atoms with Gasteiger partial charge in [-0.05, 0) is 18.4 Å². The summed E-state index contributed by atoms with van der Waals surface area (Å²) in [5, 5.41) is 4.34. The molecule has 5 heteroatoms. The van der Waals surface area contributed by atoms with Crippen molar-refractivity contribution in [3.05, 3.63) is 42.0 Å². The number of hydrogen-bond donors (Lipinski definition) is 0. The van der Waals surface area contributed by atoms with E-state index in [1.54, 1.807) is 9.58 Å². The molecular weight excluding hydrogens is 266 g/mol. The van der Waals surface area contributed by atoms with Gasteiger partial charge in [-0.2, -0.15) is 0 Å². The van der Waals surface area contributed by atoms with Crippen LogP contribution in [0, 0.1) is 0 Å². The molecule has 21 heavy (non-hydrogen) atoms. The van der Waals surface area contributed by atoms with Gasteiger partial charge in [0.1, 0.15) is 12.4 Å². The second kappa shape index (κ2) is 5.99. The van der Waals surface area contributed by atoms with Crippen molar-refractivity contribution in [2.45, 2.75) is 25.9 Å². The maximum atomic E-state index is 12.0. The molecule has 1 aromatic carbocycles. The van der Waals surface area contributed by atoms with Crippen molar-refractivity contribution in [2.24, 2.45) is 7.05 Å². The molecule has 0 unspecified atom stereocenters. The lowest BCUT2D eigenvalue weighted by atomic mass is 10.1. The minimum absolute atomic E-state index is 0.166. The number of ether oxygens (including phenoxy) is 1. The molecule has 1 fully saturated rings. The van der Waals surface area contributed by atoms with Gasteiger partial charge in [-0.25, -0.2) is 4.68 Å². The quantitative estimate of drug-likeness (QED) is 0.867. The summed E-state index contributed by atoms with van der Waals surface area (Å²) in [6.45, 7) is 1.24. The molecule has 0 saturated carbocycles. The summed E-state index contributed by atoms with van der Waals surface area (Å²) >= 11 is 0. The fourth-order valence-electron chi connectivity index (χ4n) is 2.53. The van der Waals surface area contributed by atoms with Crippen LogP contribution in [0.25, 0.3) is 0 Å². The Kier molecular flexibility index (Phi) is 3.90. The Hall–Kier alpha value is -2.30. The molecular formula is C16H19N3O2. The van der Waals surface area contributed by atoms with Crippen LogP contribution < -0.4 is 9.64 Å². The van der Waals surface area contributed by atoms with Gasteiger partial charge in [0.05, 0.1) is 0 Å². The van der Waals surface area contributed by atoms with Gasteiger partial charge in [0, 0.05) is 26.1 Å². The van der Waals surface area contributed by atoms with Crippen LogP contribution in [0.3, 0.4) is 0 Å². The Morgan fingerprint density at radius 2 is 2.05 bits per heavy atom. The Labute approximate surface area is 124 Å². The lowest BCUT2D eigenvalue weighted by molar-refractivity contribution is -0.119. The third-order valence-corrected chi connectivity index (χ3v) is 3.66. The molecule has 1 amide bonds. The number of carbonyl (C=O) groups excluding carboxylic acids is 1. The minimum atomic E-state index is 0.166. The van der Waals surface area contributed by atoms with Gasteiger partial charge in [-0.15, -0.1) is 5.10 Å². The Morgan fingerprint density at radius 1 is 1.24 bits per heavy atom. The van der Waals surface area contributed by atoms with E-state index in [2.05, 4.69) is 5.10 Å². The predicted octanol–water partition coefficient (Wildman–Crippen LogP) is 2.52. The van der Waals surface area contributed by atoms with Crippen molar-refractivity contribution in [3.8, 4) is 5.88 Å². The van der Waals surface area contributed by atoms with Gasteiger partial charge in [0.15, 0.2) is 0 Å². The average molecular weight is 285 g/mol. The molecule has 3 rings (SSSR count). The molecule has 2 heterocycles. The van der Waals surface area contributed by atoms with E-state index in [0.717, 1.165) is 30.8 Å². The van der Waals surface area contributed by atoms with E-state index in [0.29, 0.717) is 18.9 Å². The molecule has 1 aromatic heterocycles. The molecule has 1 saturated heterocycles. The van der Waals surface area contributed by atoms with Crippen LogP contribution in [0.15, 0.2) is 36.4 Å². The molecule has 0 aliphatic carbocycles. The fraction of sp³-hybridized carbons (Fsp3) is 0.375. The number of nitrogens with zero attached hydrogens (tertiary/aromatic N) is 3. The predicted molar refractivity (Wildman–Crippen MR) is 80.2 cm³/mol. The zero-order chi connectivity index (χ0) is 14.7. The second-order valence-electron chi connectivity index (χ2n) is 5.24. The van der Waals surface area contributed by atoms with Crippen LogP contribution >= 0.6 is 0 Å². The number of amides is 1. The highest BCUT2D eigenvalue weighted by atomic mass is 16.5. The highest BCUT2D eigenvalue weighted by Gasteiger charge is 2.23. The van der Waals surface area contributed by atoms with Crippen molar-refractivity contribution in [2.75, 3.05) is 11.4 Å². The highest BCUT2D eigenvalue weighted by molar-refractivity contribution is 5.93. The van der Waals surface area contributed by atoms with Crippen molar-refractivity contribution < 1.29 is 9.53 Å². The number of carbonyl (C=O) groups is 1. The molecule has 1 aliphatic heterocycles. The van der Waals surface area contributed by atoms with Crippen LogP contribution in [0.2, 0.25) is 0 Å². The molecule has 0 atom stereocenters. The summed E-state index contributed by atoms with van der Waals surface area (Å²) < 4.78 is 7.42.